The highest BCUT2D eigenvalue weighted by atomic mass is 32.2. The summed E-state index contributed by atoms with van der Waals surface area (Å²) in [6, 6.07) is 14.1. The molecule has 0 spiro atoms. The summed E-state index contributed by atoms with van der Waals surface area (Å²) in [5, 5.41) is 1.000. The molecule has 0 aliphatic carbocycles. The van der Waals surface area contributed by atoms with E-state index >= 15 is 0 Å². The molecule has 1 aromatic heterocycles. The summed E-state index contributed by atoms with van der Waals surface area (Å²) in [5.41, 5.74) is 2.37. The van der Waals surface area contributed by atoms with Gasteiger partial charge < -0.3 is 4.74 Å². The monoisotopic (exact) mass is 366 g/mol. The molecular formula is C20H18N2O3S. The van der Waals surface area contributed by atoms with Crippen LogP contribution in [0, 0.1) is 0 Å². The van der Waals surface area contributed by atoms with Gasteiger partial charge >= 0.3 is 5.97 Å². The number of rotatable bonds is 5. The summed E-state index contributed by atoms with van der Waals surface area (Å²) in [6.07, 6.45) is 0. The Morgan fingerprint density at radius 1 is 1.23 bits per heavy atom. The Balaban J connectivity index is 2.25. The lowest BCUT2D eigenvalue weighted by Crippen LogP contribution is -2.22. The van der Waals surface area contributed by atoms with E-state index in [0.29, 0.717) is 27.4 Å². The smallest absolute Gasteiger partial charge is 0.337 e. The number of thioether (sulfide) groups is 1. The summed E-state index contributed by atoms with van der Waals surface area (Å²) >= 11 is 1.44. The quantitative estimate of drug-likeness (QED) is 0.297. The fourth-order valence-electron chi connectivity index (χ4n) is 2.50. The predicted molar refractivity (Wildman–Crippen MR) is 104 cm³/mol. The van der Waals surface area contributed by atoms with Crippen molar-refractivity contribution in [1.82, 2.24) is 9.55 Å². The zero-order chi connectivity index (χ0) is 18.7. The van der Waals surface area contributed by atoms with Gasteiger partial charge in [0.25, 0.3) is 5.56 Å². The summed E-state index contributed by atoms with van der Waals surface area (Å²) in [5.74, 6) is 0.179. The minimum Gasteiger partial charge on any atom is -0.465 e. The molecule has 0 unspecified atom stereocenters. The second-order valence-corrected chi connectivity index (χ2v) is 6.78. The Morgan fingerprint density at radius 2 is 1.96 bits per heavy atom. The molecule has 1 heterocycles. The molecule has 3 rings (SSSR count). The van der Waals surface area contributed by atoms with Gasteiger partial charge in [-0.05, 0) is 37.3 Å². The second kappa shape index (κ2) is 7.58. The van der Waals surface area contributed by atoms with Crippen LogP contribution in [0.4, 0.5) is 0 Å². The molecule has 132 valence electrons. The van der Waals surface area contributed by atoms with Crippen LogP contribution in [-0.4, -0.2) is 28.4 Å². The van der Waals surface area contributed by atoms with E-state index < -0.39 is 5.97 Å². The number of esters is 1. The highest BCUT2D eigenvalue weighted by Gasteiger charge is 2.15. The van der Waals surface area contributed by atoms with E-state index in [4.69, 9.17) is 4.74 Å². The van der Waals surface area contributed by atoms with Crippen molar-refractivity contribution in [2.24, 2.45) is 0 Å². The summed E-state index contributed by atoms with van der Waals surface area (Å²) < 4.78 is 6.34. The first-order valence-electron chi connectivity index (χ1n) is 7.99. The maximum Gasteiger partial charge on any atom is 0.337 e. The number of para-hydroxylation sites is 1. The zero-order valence-corrected chi connectivity index (χ0v) is 15.4. The molecule has 2 aromatic carbocycles. The number of hydrogen-bond donors (Lipinski definition) is 0. The van der Waals surface area contributed by atoms with Crippen molar-refractivity contribution in [1.29, 1.82) is 0 Å². The maximum atomic E-state index is 13.1. The van der Waals surface area contributed by atoms with Crippen LogP contribution < -0.4 is 5.56 Å². The Kier molecular flexibility index (Phi) is 5.23. The SMILES string of the molecule is C=C(C)CSc1nc2cc(C(=O)OC)ccc2c(=O)n1-c1ccccc1. The lowest BCUT2D eigenvalue weighted by molar-refractivity contribution is 0.0601. The standard InChI is InChI=1S/C20H18N2O3S/c1-13(2)12-26-20-21-17-11-14(19(24)25-3)9-10-16(17)18(23)22(20)15-7-5-4-6-8-15/h4-11H,1,12H2,2-3H3. The number of benzene rings is 2. The number of nitrogens with zero attached hydrogens (tertiary/aromatic N) is 2. The zero-order valence-electron chi connectivity index (χ0n) is 14.6. The van der Waals surface area contributed by atoms with Gasteiger partial charge in [0.1, 0.15) is 0 Å². The molecule has 0 aliphatic heterocycles. The summed E-state index contributed by atoms with van der Waals surface area (Å²) in [6.45, 7) is 5.83. The van der Waals surface area contributed by atoms with Crippen LogP contribution in [-0.2, 0) is 4.74 Å². The number of ether oxygens (including phenoxy) is 1. The summed E-state index contributed by atoms with van der Waals surface area (Å²) in [4.78, 5) is 29.5. The minimum atomic E-state index is -0.461. The molecule has 0 saturated heterocycles. The fourth-order valence-corrected chi connectivity index (χ4v) is 3.36. The van der Waals surface area contributed by atoms with Crippen molar-refractivity contribution in [2.75, 3.05) is 12.9 Å². The van der Waals surface area contributed by atoms with E-state index in [9.17, 15) is 9.59 Å². The molecule has 0 saturated carbocycles. The number of methoxy groups -OCH3 is 1. The fraction of sp³-hybridized carbons (Fsp3) is 0.150. The van der Waals surface area contributed by atoms with Crippen molar-refractivity contribution in [2.45, 2.75) is 12.1 Å². The van der Waals surface area contributed by atoms with Crippen molar-refractivity contribution in [3.63, 3.8) is 0 Å². The van der Waals surface area contributed by atoms with Crippen molar-refractivity contribution in [3.05, 3.63) is 76.6 Å². The second-order valence-electron chi connectivity index (χ2n) is 5.84. The van der Waals surface area contributed by atoms with Gasteiger partial charge in [-0.25, -0.2) is 9.78 Å². The third kappa shape index (κ3) is 3.55. The van der Waals surface area contributed by atoms with Crippen molar-refractivity contribution >= 4 is 28.6 Å². The molecule has 0 N–H and O–H groups in total. The van der Waals surface area contributed by atoms with Gasteiger partial charge in [0.15, 0.2) is 5.16 Å². The van der Waals surface area contributed by atoms with E-state index in [0.717, 1.165) is 11.3 Å². The highest BCUT2D eigenvalue weighted by molar-refractivity contribution is 7.99. The van der Waals surface area contributed by atoms with Gasteiger partial charge in [-0.3, -0.25) is 9.36 Å². The summed E-state index contributed by atoms with van der Waals surface area (Å²) in [7, 11) is 1.32. The molecule has 0 bridgehead atoms. The first-order chi connectivity index (χ1) is 12.5. The Labute approximate surface area is 155 Å². The minimum absolute atomic E-state index is 0.179. The Bertz CT molecular complexity index is 1040. The first-order valence-corrected chi connectivity index (χ1v) is 8.97. The molecular weight excluding hydrogens is 348 g/mol. The Morgan fingerprint density at radius 3 is 2.62 bits per heavy atom. The van der Waals surface area contributed by atoms with Gasteiger partial charge in [-0.15, -0.1) is 0 Å². The number of hydrogen-bond acceptors (Lipinski definition) is 5. The topological polar surface area (TPSA) is 61.2 Å². The average molecular weight is 366 g/mol. The largest absolute Gasteiger partial charge is 0.465 e. The van der Waals surface area contributed by atoms with Crippen LogP contribution in [0.2, 0.25) is 0 Å². The molecule has 0 atom stereocenters. The van der Waals surface area contributed by atoms with Crippen LogP contribution in [0.5, 0.6) is 0 Å². The number of aromatic nitrogens is 2. The number of fused-ring (bicyclic) bond motifs is 1. The molecule has 0 amide bonds. The third-order valence-electron chi connectivity index (χ3n) is 3.72. The molecule has 0 fully saturated rings. The van der Waals surface area contributed by atoms with Gasteiger partial charge in [0.2, 0.25) is 0 Å². The van der Waals surface area contributed by atoms with E-state index in [1.165, 1.54) is 18.9 Å². The Hall–Kier alpha value is -2.86. The van der Waals surface area contributed by atoms with Gasteiger partial charge in [0, 0.05) is 5.75 Å². The highest BCUT2D eigenvalue weighted by Crippen LogP contribution is 2.23. The van der Waals surface area contributed by atoms with Gasteiger partial charge in [-0.1, -0.05) is 42.1 Å². The normalized spacial score (nSPS) is 10.7. The lowest BCUT2D eigenvalue weighted by atomic mass is 10.1. The predicted octanol–water partition coefficient (Wildman–Crippen LogP) is 3.84. The van der Waals surface area contributed by atoms with E-state index in [1.807, 2.05) is 37.3 Å². The molecule has 26 heavy (non-hydrogen) atoms. The van der Waals surface area contributed by atoms with Crippen molar-refractivity contribution in [3.8, 4) is 5.69 Å². The lowest BCUT2D eigenvalue weighted by Gasteiger charge is -2.13. The van der Waals surface area contributed by atoms with Crippen LogP contribution in [0.25, 0.3) is 16.6 Å². The van der Waals surface area contributed by atoms with E-state index in [2.05, 4.69) is 11.6 Å². The molecule has 5 nitrogen and oxygen atoms in total. The van der Waals surface area contributed by atoms with Crippen LogP contribution >= 0.6 is 11.8 Å². The van der Waals surface area contributed by atoms with Crippen LogP contribution in [0.1, 0.15) is 17.3 Å². The van der Waals surface area contributed by atoms with E-state index in [-0.39, 0.29) is 5.56 Å². The molecule has 3 aromatic rings. The first kappa shape index (κ1) is 17.9. The van der Waals surface area contributed by atoms with Crippen LogP contribution in [0.15, 0.2) is 70.6 Å². The van der Waals surface area contributed by atoms with Gasteiger partial charge in [-0.2, -0.15) is 0 Å². The van der Waals surface area contributed by atoms with Gasteiger partial charge in [0.05, 0.1) is 29.3 Å². The van der Waals surface area contributed by atoms with Crippen molar-refractivity contribution < 1.29 is 9.53 Å². The number of carbonyl (C=O) groups is 1. The molecule has 0 radical (unpaired) electrons. The molecule has 6 heteroatoms. The molecule has 0 aliphatic rings. The number of carbonyl (C=O) groups excluding carboxylic acids is 1. The van der Waals surface area contributed by atoms with Crippen LogP contribution in [0.3, 0.4) is 0 Å². The average Bonchev–Trinajstić information content (AvgIpc) is 2.66. The maximum absolute atomic E-state index is 13.1. The third-order valence-corrected chi connectivity index (χ3v) is 4.89. The van der Waals surface area contributed by atoms with E-state index in [1.54, 1.807) is 22.8 Å².